The van der Waals surface area contributed by atoms with Crippen LogP contribution in [0.25, 0.3) is 11.4 Å². The molecule has 0 aliphatic rings. The van der Waals surface area contributed by atoms with Gasteiger partial charge in [-0.15, -0.1) is 10.2 Å². The lowest BCUT2D eigenvalue weighted by Gasteiger charge is -2.10. The molecule has 2 aromatic carbocycles. The summed E-state index contributed by atoms with van der Waals surface area (Å²) in [7, 11) is 1.62. The van der Waals surface area contributed by atoms with E-state index in [0.717, 1.165) is 11.3 Å². The second-order valence-electron chi connectivity index (χ2n) is 7.56. The van der Waals surface area contributed by atoms with E-state index in [2.05, 4.69) is 20.5 Å². The van der Waals surface area contributed by atoms with Crippen LogP contribution in [-0.4, -0.2) is 40.8 Å². The third-order valence-corrected chi connectivity index (χ3v) is 4.74. The van der Waals surface area contributed by atoms with Crippen LogP contribution in [0.5, 0.6) is 11.5 Å². The van der Waals surface area contributed by atoms with Gasteiger partial charge in [0.25, 0.3) is 5.56 Å². The lowest BCUT2D eigenvalue weighted by Crippen LogP contribution is -2.27. The number of rotatable bonds is 10. The van der Waals surface area contributed by atoms with Gasteiger partial charge in [-0.1, -0.05) is 30.3 Å². The molecule has 1 aromatic heterocycles. The van der Waals surface area contributed by atoms with E-state index in [1.165, 1.54) is 0 Å². The van der Waals surface area contributed by atoms with Gasteiger partial charge in [-0.2, -0.15) is 0 Å². The zero-order chi connectivity index (χ0) is 22.9. The zero-order valence-electron chi connectivity index (χ0n) is 18.6. The molecule has 0 radical (unpaired) electrons. The second kappa shape index (κ2) is 11.1. The minimum absolute atomic E-state index is 0.0404. The first-order valence-electron chi connectivity index (χ1n) is 10.6. The van der Waals surface area contributed by atoms with E-state index in [4.69, 9.17) is 9.47 Å². The van der Waals surface area contributed by atoms with Crippen molar-refractivity contribution < 1.29 is 14.3 Å². The molecule has 0 fully saturated rings. The van der Waals surface area contributed by atoms with E-state index >= 15 is 0 Å². The molecule has 1 amide bonds. The number of aromatic amines is 1. The van der Waals surface area contributed by atoms with E-state index in [9.17, 15) is 9.59 Å². The number of ether oxygens (including phenoxy) is 2. The fourth-order valence-corrected chi connectivity index (χ4v) is 3.21. The molecule has 3 aromatic rings. The molecule has 0 aliphatic carbocycles. The standard InChI is InChI=1S/C24H28N4O4/c1-16(2)32-19-9-6-8-18(15-19)23-26-24(30)20(27-28-23)11-12-22(29)25-14-13-17-7-4-5-10-21(17)31-3/h4-10,15-16H,11-14H2,1-3H3,(H,25,29)(H,26,28,30). The number of amides is 1. The highest BCUT2D eigenvalue weighted by atomic mass is 16.5. The van der Waals surface area contributed by atoms with Crippen molar-refractivity contribution in [3.63, 3.8) is 0 Å². The predicted molar refractivity (Wildman–Crippen MR) is 122 cm³/mol. The Morgan fingerprint density at radius 1 is 1.09 bits per heavy atom. The van der Waals surface area contributed by atoms with Gasteiger partial charge in [0.1, 0.15) is 17.2 Å². The highest BCUT2D eigenvalue weighted by Crippen LogP contribution is 2.21. The summed E-state index contributed by atoms with van der Waals surface area (Å²) >= 11 is 0. The third-order valence-electron chi connectivity index (χ3n) is 4.74. The largest absolute Gasteiger partial charge is 0.496 e. The molecule has 1 heterocycles. The first-order chi connectivity index (χ1) is 15.5. The molecule has 0 atom stereocenters. The number of para-hydroxylation sites is 1. The van der Waals surface area contributed by atoms with E-state index in [1.54, 1.807) is 13.2 Å². The van der Waals surface area contributed by atoms with Gasteiger partial charge < -0.3 is 19.8 Å². The average Bonchev–Trinajstić information content (AvgIpc) is 2.78. The van der Waals surface area contributed by atoms with E-state index in [-0.39, 0.29) is 36.1 Å². The molecule has 0 spiro atoms. The average molecular weight is 437 g/mol. The summed E-state index contributed by atoms with van der Waals surface area (Å²) in [4.78, 5) is 27.3. The van der Waals surface area contributed by atoms with Crippen molar-refractivity contribution in [2.24, 2.45) is 0 Å². The Morgan fingerprint density at radius 2 is 1.91 bits per heavy atom. The lowest BCUT2D eigenvalue weighted by molar-refractivity contribution is -0.121. The zero-order valence-corrected chi connectivity index (χ0v) is 18.6. The van der Waals surface area contributed by atoms with Crippen LogP contribution >= 0.6 is 0 Å². The fourth-order valence-electron chi connectivity index (χ4n) is 3.21. The molecule has 0 aliphatic heterocycles. The molecule has 8 nitrogen and oxygen atoms in total. The van der Waals surface area contributed by atoms with Crippen molar-refractivity contribution in [3.8, 4) is 22.9 Å². The number of nitrogens with zero attached hydrogens (tertiary/aromatic N) is 2. The fraction of sp³-hybridized carbons (Fsp3) is 0.333. The SMILES string of the molecule is COc1ccccc1CCNC(=O)CCc1nnc(-c2cccc(OC(C)C)c2)[nH]c1=O. The molecule has 0 saturated carbocycles. The summed E-state index contributed by atoms with van der Waals surface area (Å²) in [6.07, 6.45) is 1.06. The van der Waals surface area contributed by atoms with Crippen molar-refractivity contribution in [1.29, 1.82) is 0 Å². The minimum atomic E-state index is -0.355. The number of methoxy groups -OCH3 is 1. The van der Waals surface area contributed by atoms with Gasteiger partial charge in [0, 0.05) is 24.9 Å². The van der Waals surface area contributed by atoms with E-state index < -0.39 is 0 Å². The van der Waals surface area contributed by atoms with Gasteiger partial charge in [-0.05, 0) is 44.0 Å². The maximum absolute atomic E-state index is 12.4. The van der Waals surface area contributed by atoms with Crippen molar-refractivity contribution >= 4 is 5.91 Å². The first kappa shape index (κ1) is 23.0. The van der Waals surface area contributed by atoms with Crippen molar-refractivity contribution in [2.45, 2.75) is 39.2 Å². The van der Waals surface area contributed by atoms with Crippen LogP contribution in [0.2, 0.25) is 0 Å². The van der Waals surface area contributed by atoms with Crippen LogP contribution in [0.1, 0.15) is 31.5 Å². The molecule has 0 saturated heterocycles. The molecule has 0 bridgehead atoms. The van der Waals surface area contributed by atoms with Gasteiger partial charge in [0.15, 0.2) is 5.82 Å². The Hall–Kier alpha value is -3.68. The molecule has 8 heteroatoms. The minimum Gasteiger partial charge on any atom is -0.496 e. The number of benzene rings is 2. The summed E-state index contributed by atoms with van der Waals surface area (Å²) in [5.41, 5.74) is 1.60. The smallest absolute Gasteiger partial charge is 0.273 e. The Balaban J connectivity index is 1.53. The lowest BCUT2D eigenvalue weighted by atomic mass is 10.1. The molecule has 0 unspecified atom stereocenters. The maximum atomic E-state index is 12.4. The Labute approximate surface area is 187 Å². The maximum Gasteiger partial charge on any atom is 0.273 e. The molecule has 168 valence electrons. The van der Waals surface area contributed by atoms with Gasteiger partial charge >= 0.3 is 0 Å². The monoisotopic (exact) mass is 436 g/mol. The van der Waals surface area contributed by atoms with Crippen LogP contribution in [0.15, 0.2) is 53.3 Å². The summed E-state index contributed by atoms with van der Waals surface area (Å²) in [5, 5.41) is 11.0. The highest BCUT2D eigenvalue weighted by molar-refractivity contribution is 5.76. The normalized spacial score (nSPS) is 10.8. The Kier molecular flexibility index (Phi) is 7.96. The van der Waals surface area contributed by atoms with Crippen molar-refractivity contribution in [3.05, 3.63) is 70.1 Å². The molecular weight excluding hydrogens is 408 g/mol. The molecular formula is C24H28N4O4. The van der Waals surface area contributed by atoms with Gasteiger partial charge in [0.2, 0.25) is 5.91 Å². The summed E-state index contributed by atoms with van der Waals surface area (Å²) in [6, 6.07) is 15.0. The summed E-state index contributed by atoms with van der Waals surface area (Å²) < 4.78 is 11.0. The third kappa shape index (κ3) is 6.41. The number of carbonyl (C=O) groups is 1. The Bertz CT molecular complexity index is 1110. The first-order valence-corrected chi connectivity index (χ1v) is 10.6. The van der Waals surface area contributed by atoms with Crippen LogP contribution in [0, 0.1) is 0 Å². The number of aromatic nitrogens is 3. The van der Waals surface area contributed by atoms with Crippen molar-refractivity contribution in [2.75, 3.05) is 13.7 Å². The number of hydrogen-bond acceptors (Lipinski definition) is 6. The van der Waals surface area contributed by atoms with E-state index in [1.807, 2.05) is 56.3 Å². The summed E-state index contributed by atoms with van der Waals surface area (Å²) in [6.45, 7) is 4.37. The second-order valence-corrected chi connectivity index (χ2v) is 7.56. The van der Waals surface area contributed by atoms with Gasteiger partial charge in [-0.3, -0.25) is 9.59 Å². The van der Waals surface area contributed by atoms with Gasteiger partial charge in [-0.25, -0.2) is 0 Å². The number of aryl methyl sites for hydroxylation is 1. The van der Waals surface area contributed by atoms with Crippen molar-refractivity contribution in [1.82, 2.24) is 20.5 Å². The van der Waals surface area contributed by atoms with Crippen LogP contribution in [0.4, 0.5) is 0 Å². The number of hydrogen-bond donors (Lipinski definition) is 2. The summed E-state index contributed by atoms with van der Waals surface area (Å²) in [5.74, 6) is 1.69. The number of nitrogens with one attached hydrogen (secondary N) is 2. The van der Waals surface area contributed by atoms with Crippen LogP contribution in [-0.2, 0) is 17.6 Å². The topological polar surface area (TPSA) is 106 Å². The van der Waals surface area contributed by atoms with Crippen LogP contribution in [0.3, 0.4) is 0 Å². The number of H-pyrrole nitrogens is 1. The number of carbonyl (C=O) groups excluding carboxylic acids is 1. The van der Waals surface area contributed by atoms with Gasteiger partial charge in [0.05, 0.1) is 13.2 Å². The molecule has 2 N–H and O–H groups in total. The quantitative estimate of drug-likeness (QED) is 0.506. The predicted octanol–water partition coefficient (Wildman–Crippen LogP) is 2.92. The Morgan fingerprint density at radius 3 is 2.66 bits per heavy atom. The molecule has 32 heavy (non-hydrogen) atoms. The van der Waals surface area contributed by atoms with Crippen LogP contribution < -0.4 is 20.3 Å². The van der Waals surface area contributed by atoms with E-state index in [0.29, 0.717) is 30.1 Å². The highest BCUT2D eigenvalue weighted by Gasteiger charge is 2.11. The molecule has 3 rings (SSSR count).